The maximum Gasteiger partial charge on any atom is 0.255 e. The van der Waals surface area contributed by atoms with Crippen molar-refractivity contribution in [2.24, 2.45) is 0 Å². The van der Waals surface area contributed by atoms with E-state index in [1.165, 1.54) is 12.1 Å². The summed E-state index contributed by atoms with van der Waals surface area (Å²) in [5.74, 6) is -0.102. The minimum Gasteiger partial charge on any atom is -0.508 e. The largest absolute Gasteiger partial charge is 0.508 e. The number of nitrogens with one attached hydrogen (secondary N) is 1. The van der Waals surface area contributed by atoms with Gasteiger partial charge in [-0.3, -0.25) is 4.79 Å². The Morgan fingerprint density at radius 1 is 1.17 bits per heavy atom. The molecule has 92 valence electrons. The Bertz CT molecular complexity index is 584. The van der Waals surface area contributed by atoms with Crippen molar-refractivity contribution in [2.75, 3.05) is 5.32 Å². The lowest BCUT2D eigenvalue weighted by molar-refractivity contribution is 0.102. The summed E-state index contributed by atoms with van der Waals surface area (Å²) in [6.45, 7) is 0. The van der Waals surface area contributed by atoms with Gasteiger partial charge in [0.2, 0.25) is 0 Å². The summed E-state index contributed by atoms with van der Waals surface area (Å²) in [4.78, 5) is 11.9. The summed E-state index contributed by atoms with van der Waals surface area (Å²) in [6.07, 6.45) is 0. The number of carbonyl (C=O) groups excluding carboxylic acids is 1. The van der Waals surface area contributed by atoms with E-state index in [0.717, 1.165) is 4.47 Å². The molecule has 0 radical (unpaired) electrons. The number of carbonyl (C=O) groups is 1. The predicted octanol–water partition coefficient (Wildman–Crippen LogP) is 4.06. The summed E-state index contributed by atoms with van der Waals surface area (Å²) >= 11 is 9.18. The van der Waals surface area contributed by atoms with Crippen molar-refractivity contribution in [3.05, 3.63) is 57.5 Å². The Hall–Kier alpha value is -1.52. The molecule has 2 N–H and O–H groups in total. The molecule has 2 rings (SSSR count). The molecule has 0 saturated heterocycles. The molecule has 0 aliphatic heterocycles. The highest BCUT2D eigenvalue weighted by molar-refractivity contribution is 9.10. The van der Waals surface area contributed by atoms with E-state index in [0.29, 0.717) is 16.3 Å². The maximum atomic E-state index is 11.9. The summed E-state index contributed by atoms with van der Waals surface area (Å²) in [5, 5.41) is 12.3. The average Bonchev–Trinajstić information content (AvgIpc) is 2.35. The summed E-state index contributed by atoms with van der Waals surface area (Å²) in [5.41, 5.74) is 1.08. The molecule has 0 fully saturated rings. The molecule has 1 amide bonds. The van der Waals surface area contributed by atoms with Crippen LogP contribution < -0.4 is 5.32 Å². The Morgan fingerprint density at radius 2 is 1.83 bits per heavy atom. The highest BCUT2D eigenvalue weighted by Crippen LogP contribution is 2.23. The van der Waals surface area contributed by atoms with Crippen molar-refractivity contribution in [1.29, 1.82) is 0 Å². The van der Waals surface area contributed by atoms with Crippen LogP contribution in [0.4, 0.5) is 5.69 Å². The van der Waals surface area contributed by atoms with Gasteiger partial charge in [0.25, 0.3) is 5.91 Å². The second kappa shape index (κ2) is 5.42. The second-order valence-electron chi connectivity index (χ2n) is 3.63. The van der Waals surface area contributed by atoms with E-state index in [9.17, 15) is 4.79 Å². The Balaban J connectivity index is 2.16. The van der Waals surface area contributed by atoms with E-state index in [4.69, 9.17) is 16.7 Å². The quantitative estimate of drug-likeness (QED) is 0.818. The fourth-order valence-corrected chi connectivity index (χ4v) is 1.81. The van der Waals surface area contributed by atoms with Crippen LogP contribution in [0.5, 0.6) is 5.75 Å². The lowest BCUT2D eigenvalue weighted by Gasteiger charge is -2.06. The predicted molar refractivity (Wildman–Crippen MR) is 75.2 cm³/mol. The third-order valence-corrected chi connectivity index (χ3v) is 3.54. The zero-order valence-electron chi connectivity index (χ0n) is 9.15. The molecule has 0 unspecified atom stereocenters. The van der Waals surface area contributed by atoms with Crippen LogP contribution in [0.15, 0.2) is 46.9 Å². The number of phenols is 1. The van der Waals surface area contributed by atoms with Crippen LogP contribution in [0.3, 0.4) is 0 Å². The van der Waals surface area contributed by atoms with Crippen molar-refractivity contribution >= 4 is 39.1 Å². The van der Waals surface area contributed by atoms with Gasteiger partial charge in [-0.25, -0.2) is 0 Å². The first kappa shape index (κ1) is 12.9. The Morgan fingerprint density at radius 3 is 2.44 bits per heavy atom. The molecule has 2 aromatic carbocycles. The monoisotopic (exact) mass is 325 g/mol. The van der Waals surface area contributed by atoms with Gasteiger partial charge in [-0.1, -0.05) is 11.6 Å². The molecule has 3 nitrogen and oxygen atoms in total. The SMILES string of the molecule is O=C(Nc1ccc(O)cc1)c1ccc(Br)c(Cl)c1. The number of phenolic OH excluding ortho intramolecular Hbond substituents is 1. The first-order valence-corrected chi connectivity index (χ1v) is 6.29. The van der Waals surface area contributed by atoms with E-state index in [1.54, 1.807) is 30.3 Å². The number of hydrogen-bond donors (Lipinski definition) is 2. The number of halogens is 2. The van der Waals surface area contributed by atoms with Crippen LogP contribution in [-0.4, -0.2) is 11.0 Å². The smallest absolute Gasteiger partial charge is 0.255 e. The van der Waals surface area contributed by atoms with Crippen LogP contribution >= 0.6 is 27.5 Å². The molecule has 2 aromatic rings. The molecular weight excluding hydrogens is 318 g/mol. The molecule has 0 bridgehead atoms. The third-order valence-electron chi connectivity index (χ3n) is 2.31. The number of benzene rings is 2. The van der Waals surface area contributed by atoms with Gasteiger partial charge in [-0.05, 0) is 58.4 Å². The minimum atomic E-state index is -0.255. The van der Waals surface area contributed by atoms with E-state index in [1.807, 2.05) is 0 Å². The third kappa shape index (κ3) is 3.03. The Kier molecular flexibility index (Phi) is 3.89. The average molecular weight is 327 g/mol. The van der Waals surface area contributed by atoms with Crippen LogP contribution in [0.25, 0.3) is 0 Å². The highest BCUT2D eigenvalue weighted by Gasteiger charge is 2.08. The Labute approximate surface area is 118 Å². The fraction of sp³-hybridized carbons (Fsp3) is 0. The van der Waals surface area contributed by atoms with Crippen molar-refractivity contribution < 1.29 is 9.90 Å². The van der Waals surface area contributed by atoms with Gasteiger partial charge in [0.1, 0.15) is 5.75 Å². The van der Waals surface area contributed by atoms with Gasteiger partial charge < -0.3 is 10.4 Å². The van der Waals surface area contributed by atoms with Crippen molar-refractivity contribution in [1.82, 2.24) is 0 Å². The number of rotatable bonds is 2. The molecule has 0 saturated carbocycles. The maximum absolute atomic E-state index is 11.9. The molecule has 5 heteroatoms. The molecule has 0 aliphatic rings. The molecule has 18 heavy (non-hydrogen) atoms. The van der Waals surface area contributed by atoms with E-state index >= 15 is 0 Å². The zero-order valence-corrected chi connectivity index (χ0v) is 11.5. The van der Waals surface area contributed by atoms with Crippen LogP contribution in [0, 0.1) is 0 Å². The van der Waals surface area contributed by atoms with Gasteiger partial charge in [0, 0.05) is 15.7 Å². The number of aromatic hydroxyl groups is 1. The fourth-order valence-electron chi connectivity index (χ4n) is 1.39. The van der Waals surface area contributed by atoms with Gasteiger partial charge in [-0.15, -0.1) is 0 Å². The topological polar surface area (TPSA) is 49.3 Å². The number of anilines is 1. The minimum absolute atomic E-state index is 0.152. The van der Waals surface area contributed by atoms with Gasteiger partial charge in [0.05, 0.1) is 5.02 Å². The highest BCUT2D eigenvalue weighted by atomic mass is 79.9. The molecule has 0 aliphatic carbocycles. The van der Waals surface area contributed by atoms with Gasteiger partial charge in [-0.2, -0.15) is 0 Å². The first-order chi connectivity index (χ1) is 8.56. The molecule has 0 aromatic heterocycles. The van der Waals surface area contributed by atoms with Gasteiger partial charge in [0.15, 0.2) is 0 Å². The van der Waals surface area contributed by atoms with E-state index in [2.05, 4.69) is 21.2 Å². The first-order valence-electron chi connectivity index (χ1n) is 5.12. The van der Waals surface area contributed by atoms with Crippen molar-refractivity contribution in [3.8, 4) is 5.75 Å². The lowest BCUT2D eigenvalue weighted by atomic mass is 10.2. The van der Waals surface area contributed by atoms with Crippen LogP contribution in [0.1, 0.15) is 10.4 Å². The van der Waals surface area contributed by atoms with Gasteiger partial charge >= 0.3 is 0 Å². The van der Waals surface area contributed by atoms with E-state index < -0.39 is 0 Å². The molecular formula is C13H9BrClNO2. The van der Waals surface area contributed by atoms with Crippen molar-refractivity contribution in [3.63, 3.8) is 0 Å². The standard InChI is InChI=1S/C13H9BrClNO2/c14-11-6-1-8(7-12(11)15)13(18)16-9-2-4-10(17)5-3-9/h1-7,17H,(H,16,18). The number of hydrogen-bond acceptors (Lipinski definition) is 2. The molecule has 0 spiro atoms. The van der Waals surface area contributed by atoms with Crippen LogP contribution in [-0.2, 0) is 0 Å². The molecule has 0 atom stereocenters. The second-order valence-corrected chi connectivity index (χ2v) is 4.89. The number of amides is 1. The summed E-state index contributed by atoms with van der Waals surface area (Å²) in [7, 11) is 0. The zero-order chi connectivity index (χ0) is 13.1. The van der Waals surface area contributed by atoms with Crippen LogP contribution in [0.2, 0.25) is 5.02 Å². The van der Waals surface area contributed by atoms with E-state index in [-0.39, 0.29) is 11.7 Å². The van der Waals surface area contributed by atoms with Crippen molar-refractivity contribution in [2.45, 2.75) is 0 Å². The summed E-state index contributed by atoms with van der Waals surface area (Å²) in [6, 6.07) is 11.2. The molecule has 0 heterocycles. The lowest BCUT2D eigenvalue weighted by Crippen LogP contribution is -2.11. The summed E-state index contributed by atoms with van der Waals surface area (Å²) < 4.78 is 0.741. The normalized spacial score (nSPS) is 10.1.